The maximum Gasteiger partial charge on any atom is 0.234 e. The van der Waals surface area contributed by atoms with Gasteiger partial charge in [-0.3, -0.25) is 9.69 Å². The normalized spacial score (nSPS) is 25.0. The highest BCUT2D eigenvalue weighted by atomic mass is 19.1. The van der Waals surface area contributed by atoms with Crippen molar-refractivity contribution in [3.8, 4) is 0 Å². The Morgan fingerprint density at radius 1 is 1.18 bits per heavy atom. The predicted molar refractivity (Wildman–Crippen MR) is 85.0 cm³/mol. The van der Waals surface area contributed by atoms with Crippen molar-refractivity contribution in [1.29, 1.82) is 0 Å². The van der Waals surface area contributed by atoms with E-state index in [1.807, 2.05) is 0 Å². The van der Waals surface area contributed by atoms with E-state index in [0.29, 0.717) is 13.1 Å². The monoisotopic (exact) mass is 304 g/mol. The summed E-state index contributed by atoms with van der Waals surface area (Å²) in [5, 5.41) is 2.98. The zero-order chi connectivity index (χ0) is 15.4. The Bertz CT molecular complexity index is 490. The first-order valence-electron chi connectivity index (χ1n) is 8.42. The lowest BCUT2D eigenvalue weighted by Gasteiger charge is -2.41. The molecule has 1 N–H and O–H groups in total. The van der Waals surface area contributed by atoms with E-state index in [1.165, 1.54) is 37.8 Å². The van der Waals surface area contributed by atoms with E-state index in [-0.39, 0.29) is 11.7 Å². The Morgan fingerprint density at radius 2 is 1.86 bits per heavy atom. The summed E-state index contributed by atoms with van der Waals surface area (Å²) < 4.78 is 12.8. The fourth-order valence-electron chi connectivity index (χ4n) is 3.92. The van der Waals surface area contributed by atoms with E-state index in [1.54, 1.807) is 12.1 Å². The molecular formula is C18H25FN2O. The van der Waals surface area contributed by atoms with Gasteiger partial charge in [-0.15, -0.1) is 0 Å². The van der Waals surface area contributed by atoms with Crippen LogP contribution < -0.4 is 5.32 Å². The maximum absolute atomic E-state index is 12.8. The second-order valence-corrected chi connectivity index (χ2v) is 6.82. The highest BCUT2D eigenvalue weighted by molar-refractivity contribution is 5.78. The van der Waals surface area contributed by atoms with Crippen LogP contribution in [-0.2, 0) is 11.2 Å². The Morgan fingerprint density at radius 3 is 2.55 bits per heavy atom. The number of benzene rings is 1. The number of nitrogens with zero attached hydrogens (tertiary/aromatic N) is 1. The van der Waals surface area contributed by atoms with Crippen molar-refractivity contribution in [2.45, 2.75) is 32.1 Å². The largest absolute Gasteiger partial charge is 0.355 e. The summed E-state index contributed by atoms with van der Waals surface area (Å²) in [6, 6.07) is 6.47. The predicted octanol–water partition coefficient (Wildman–Crippen LogP) is 2.61. The smallest absolute Gasteiger partial charge is 0.234 e. The second-order valence-electron chi connectivity index (χ2n) is 6.82. The van der Waals surface area contributed by atoms with Crippen LogP contribution in [0, 0.1) is 17.7 Å². The molecule has 1 aromatic rings. The molecule has 120 valence electrons. The van der Waals surface area contributed by atoms with E-state index in [4.69, 9.17) is 0 Å². The summed E-state index contributed by atoms with van der Waals surface area (Å²) >= 11 is 0. The summed E-state index contributed by atoms with van der Waals surface area (Å²) in [7, 11) is 0. The van der Waals surface area contributed by atoms with Crippen LogP contribution in [0.25, 0.3) is 0 Å². The molecule has 1 aromatic carbocycles. The van der Waals surface area contributed by atoms with Crippen molar-refractivity contribution in [3.05, 3.63) is 35.6 Å². The molecule has 3 nitrogen and oxygen atoms in total. The van der Waals surface area contributed by atoms with E-state index in [0.717, 1.165) is 36.9 Å². The summed E-state index contributed by atoms with van der Waals surface area (Å²) in [5.74, 6) is 1.50. The van der Waals surface area contributed by atoms with Crippen molar-refractivity contribution in [3.63, 3.8) is 0 Å². The van der Waals surface area contributed by atoms with Crippen LogP contribution in [0.4, 0.5) is 4.39 Å². The van der Waals surface area contributed by atoms with Crippen LogP contribution >= 0.6 is 0 Å². The number of carbonyl (C=O) groups is 1. The number of nitrogens with one attached hydrogen (secondary N) is 1. The van der Waals surface area contributed by atoms with Crippen molar-refractivity contribution in [2.24, 2.45) is 11.8 Å². The van der Waals surface area contributed by atoms with Gasteiger partial charge in [0, 0.05) is 19.6 Å². The molecule has 4 heteroatoms. The molecule has 2 atom stereocenters. The van der Waals surface area contributed by atoms with Gasteiger partial charge in [0.05, 0.1) is 6.54 Å². The third kappa shape index (κ3) is 4.29. The molecule has 1 amide bonds. The molecule has 0 radical (unpaired) electrons. The van der Waals surface area contributed by atoms with Crippen molar-refractivity contribution in [2.75, 3.05) is 26.2 Å². The van der Waals surface area contributed by atoms with Gasteiger partial charge in [-0.05, 0) is 55.2 Å². The van der Waals surface area contributed by atoms with Gasteiger partial charge in [0.1, 0.15) is 5.82 Å². The number of piperidine rings is 1. The molecule has 1 aliphatic carbocycles. The summed E-state index contributed by atoms with van der Waals surface area (Å²) in [5.41, 5.74) is 1.05. The minimum atomic E-state index is -0.219. The molecule has 1 saturated heterocycles. The number of carbonyl (C=O) groups excluding carboxylic acids is 1. The number of hydrogen-bond donors (Lipinski definition) is 1. The molecule has 1 heterocycles. The van der Waals surface area contributed by atoms with Gasteiger partial charge >= 0.3 is 0 Å². The fraction of sp³-hybridized carbons (Fsp3) is 0.611. The summed E-state index contributed by atoms with van der Waals surface area (Å²) in [6.07, 6.45) is 6.14. The van der Waals surface area contributed by atoms with Crippen LogP contribution in [0.5, 0.6) is 0 Å². The average molecular weight is 304 g/mol. The van der Waals surface area contributed by atoms with Gasteiger partial charge in [-0.25, -0.2) is 4.39 Å². The molecule has 22 heavy (non-hydrogen) atoms. The zero-order valence-electron chi connectivity index (χ0n) is 13.1. The SMILES string of the molecule is O=C(CN1C[C@@H]2CCC[C@H](C2)C1)NCCc1ccc(F)cc1. The number of likely N-dealkylation sites (tertiary alicyclic amines) is 1. The Hall–Kier alpha value is -1.42. The van der Waals surface area contributed by atoms with E-state index >= 15 is 0 Å². The van der Waals surface area contributed by atoms with Gasteiger partial charge in [-0.2, -0.15) is 0 Å². The van der Waals surface area contributed by atoms with Gasteiger partial charge in [0.15, 0.2) is 0 Å². The van der Waals surface area contributed by atoms with Crippen LogP contribution in [0.2, 0.25) is 0 Å². The zero-order valence-corrected chi connectivity index (χ0v) is 13.1. The van der Waals surface area contributed by atoms with E-state index in [2.05, 4.69) is 10.2 Å². The lowest BCUT2D eigenvalue weighted by Crippen LogP contribution is -2.47. The van der Waals surface area contributed by atoms with Crippen LogP contribution in [0.1, 0.15) is 31.2 Å². The lowest BCUT2D eigenvalue weighted by molar-refractivity contribution is -0.123. The van der Waals surface area contributed by atoms with Crippen molar-refractivity contribution < 1.29 is 9.18 Å². The molecule has 3 rings (SSSR count). The fourth-order valence-corrected chi connectivity index (χ4v) is 3.92. The molecule has 0 unspecified atom stereocenters. The third-order valence-electron chi connectivity index (χ3n) is 4.94. The Labute approximate surface area is 131 Å². The molecular weight excluding hydrogens is 279 g/mol. The third-order valence-corrected chi connectivity index (χ3v) is 4.94. The van der Waals surface area contributed by atoms with Crippen molar-refractivity contribution >= 4 is 5.91 Å². The topological polar surface area (TPSA) is 32.3 Å². The Balaban J connectivity index is 1.38. The van der Waals surface area contributed by atoms with E-state index in [9.17, 15) is 9.18 Å². The minimum Gasteiger partial charge on any atom is -0.355 e. The highest BCUT2D eigenvalue weighted by Gasteiger charge is 2.30. The molecule has 1 saturated carbocycles. The number of rotatable bonds is 5. The maximum atomic E-state index is 12.8. The molecule has 0 aromatic heterocycles. The molecule has 0 spiro atoms. The highest BCUT2D eigenvalue weighted by Crippen LogP contribution is 2.34. The van der Waals surface area contributed by atoms with Crippen LogP contribution in [-0.4, -0.2) is 37.0 Å². The molecule has 2 aliphatic rings. The van der Waals surface area contributed by atoms with Gasteiger partial charge in [-0.1, -0.05) is 18.6 Å². The molecule has 2 fully saturated rings. The molecule has 2 bridgehead atoms. The first kappa shape index (κ1) is 15.5. The van der Waals surface area contributed by atoms with Crippen molar-refractivity contribution in [1.82, 2.24) is 10.2 Å². The van der Waals surface area contributed by atoms with Crippen LogP contribution in [0.3, 0.4) is 0 Å². The number of fused-ring (bicyclic) bond motifs is 2. The van der Waals surface area contributed by atoms with E-state index < -0.39 is 0 Å². The van der Waals surface area contributed by atoms with Gasteiger partial charge < -0.3 is 5.32 Å². The second kappa shape index (κ2) is 7.23. The summed E-state index contributed by atoms with van der Waals surface area (Å²) in [6.45, 7) is 3.31. The quantitative estimate of drug-likeness (QED) is 0.907. The Kier molecular flexibility index (Phi) is 5.08. The summed E-state index contributed by atoms with van der Waals surface area (Å²) in [4.78, 5) is 14.4. The molecule has 1 aliphatic heterocycles. The first-order valence-corrected chi connectivity index (χ1v) is 8.42. The minimum absolute atomic E-state index is 0.113. The average Bonchev–Trinajstić information content (AvgIpc) is 2.49. The van der Waals surface area contributed by atoms with Crippen LogP contribution in [0.15, 0.2) is 24.3 Å². The van der Waals surface area contributed by atoms with Gasteiger partial charge in [0.25, 0.3) is 0 Å². The number of halogens is 1. The standard InChI is InChI=1S/C18H25FN2O/c19-17-6-4-14(5-7-17)8-9-20-18(22)13-21-11-15-2-1-3-16(10-15)12-21/h4-7,15-16H,1-3,8-13H2,(H,20,22)/t15-,16-/m1/s1. The lowest BCUT2D eigenvalue weighted by atomic mass is 9.78. The first-order chi connectivity index (χ1) is 10.7. The van der Waals surface area contributed by atoms with Gasteiger partial charge in [0.2, 0.25) is 5.91 Å². The number of amides is 1. The number of hydrogen-bond acceptors (Lipinski definition) is 2.